The van der Waals surface area contributed by atoms with Gasteiger partial charge in [-0.05, 0) is 18.2 Å². The Bertz CT molecular complexity index is 532. The molecule has 0 aliphatic rings. The number of carbonyl (C=O) groups excluding carboxylic acids is 2. The Morgan fingerprint density at radius 2 is 2.33 bits per heavy atom. The Labute approximate surface area is 89.8 Å². The molecule has 4 nitrogen and oxygen atoms in total. The third kappa shape index (κ3) is 1.76. The summed E-state index contributed by atoms with van der Waals surface area (Å²) in [6, 6.07) is 4.73. The van der Waals surface area contributed by atoms with Crippen molar-refractivity contribution in [3.05, 3.63) is 29.7 Å². The van der Waals surface area contributed by atoms with Gasteiger partial charge in [0.25, 0.3) is 5.89 Å². The zero-order valence-electron chi connectivity index (χ0n) is 7.57. The molecule has 1 heterocycles. The molecule has 0 amide bonds. The zero-order chi connectivity index (χ0) is 10.8. The fraction of sp³-hybridized carbons (Fsp3) is 0.100. The summed E-state index contributed by atoms with van der Waals surface area (Å²) in [6.07, 6.45) is 0.517. The number of ketones is 1. The molecule has 0 saturated carbocycles. The first kappa shape index (κ1) is 9.86. The van der Waals surface area contributed by atoms with Crippen molar-refractivity contribution in [2.75, 3.05) is 5.88 Å². The third-order valence-electron chi connectivity index (χ3n) is 1.95. The molecule has 0 atom stereocenters. The highest BCUT2D eigenvalue weighted by Gasteiger charge is 2.09. The van der Waals surface area contributed by atoms with Crippen molar-refractivity contribution >= 4 is 34.8 Å². The number of hydrogen-bond acceptors (Lipinski definition) is 4. The molecule has 15 heavy (non-hydrogen) atoms. The number of halogens is 1. The number of carbonyl (C=O) groups is 2. The number of alkyl halides is 1. The van der Waals surface area contributed by atoms with Crippen molar-refractivity contribution in [3.8, 4) is 0 Å². The highest BCUT2D eigenvalue weighted by molar-refractivity contribution is 6.30. The number of hydrogen-bond donors (Lipinski definition) is 0. The smallest absolute Gasteiger partial charge is 0.260 e. The van der Waals surface area contributed by atoms with Gasteiger partial charge in [-0.1, -0.05) is 0 Å². The predicted molar refractivity (Wildman–Crippen MR) is 54.4 cm³/mol. The summed E-state index contributed by atoms with van der Waals surface area (Å²) >= 11 is 5.42. The molecule has 5 heteroatoms. The second kappa shape index (κ2) is 3.82. The summed E-state index contributed by atoms with van der Waals surface area (Å²) in [5.74, 6) is -0.265. The van der Waals surface area contributed by atoms with Crippen LogP contribution in [0.2, 0.25) is 0 Å². The van der Waals surface area contributed by atoms with Gasteiger partial charge in [0.15, 0.2) is 11.4 Å². The van der Waals surface area contributed by atoms with Gasteiger partial charge < -0.3 is 4.42 Å². The number of fused-ring (bicyclic) bond motifs is 1. The van der Waals surface area contributed by atoms with Crippen LogP contribution >= 0.6 is 11.6 Å². The fourth-order valence-corrected chi connectivity index (χ4v) is 1.40. The molecule has 0 fully saturated rings. The van der Waals surface area contributed by atoms with Gasteiger partial charge in [-0.15, -0.1) is 11.6 Å². The number of aldehydes is 1. The molecule has 0 aliphatic carbocycles. The lowest BCUT2D eigenvalue weighted by molar-refractivity contribution is 0.102. The van der Waals surface area contributed by atoms with Gasteiger partial charge in [0.05, 0.1) is 5.88 Å². The standard InChI is InChI=1S/C10H6ClNO3/c11-4-8(14)6-1-2-9-7(3-6)12-10(5-13)15-9/h1-3,5H,4H2. The van der Waals surface area contributed by atoms with Gasteiger partial charge in [-0.2, -0.15) is 0 Å². The van der Waals surface area contributed by atoms with Crippen LogP contribution in [0, 0.1) is 0 Å². The van der Waals surface area contributed by atoms with E-state index in [1.807, 2.05) is 0 Å². The van der Waals surface area contributed by atoms with Gasteiger partial charge in [0.1, 0.15) is 5.52 Å². The molecule has 0 N–H and O–H groups in total. The largest absolute Gasteiger partial charge is 0.434 e. The van der Waals surface area contributed by atoms with Crippen molar-refractivity contribution in [1.82, 2.24) is 4.98 Å². The van der Waals surface area contributed by atoms with E-state index in [-0.39, 0.29) is 17.6 Å². The number of oxazole rings is 1. The average Bonchev–Trinajstić information content (AvgIpc) is 2.69. The highest BCUT2D eigenvalue weighted by atomic mass is 35.5. The summed E-state index contributed by atoms with van der Waals surface area (Å²) in [7, 11) is 0. The molecular weight excluding hydrogens is 218 g/mol. The summed E-state index contributed by atoms with van der Waals surface area (Å²) < 4.78 is 5.06. The summed E-state index contributed by atoms with van der Waals surface area (Å²) in [5.41, 5.74) is 1.42. The van der Waals surface area contributed by atoms with Crippen LogP contribution < -0.4 is 0 Å². The van der Waals surface area contributed by atoms with Gasteiger partial charge in [-0.25, -0.2) is 4.98 Å². The summed E-state index contributed by atoms with van der Waals surface area (Å²) in [6.45, 7) is 0. The average molecular weight is 224 g/mol. The van der Waals surface area contributed by atoms with Crippen molar-refractivity contribution in [3.63, 3.8) is 0 Å². The Morgan fingerprint density at radius 3 is 3.00 bits per heavy atom. The minimum atomic E-state index is -0.186. The summed E-state index contributed by atoms with van der Waals surface area (Å²) in [4.78, 5) is 25.6. The maximum absolute atomic E-state index is 11.3. The quantitative estimate of drug-likeness (QED) is 0.454. The molecule has 2 rings (SSSR count). The SMILES string of the molecule is O=Cc1nc2cc(C(=O)CCl)ccc2o1. The topological polar surface area (TPSA) is 60.2 Å². The van der Waals surface area contributed by atoms with Crippen LogP contribution in [-0.2, 0) is 0 Å². The number of Topliss-reactive ketones (excluding diaryl/α,β-unsaturated/α-hetero) is 1. The lowest BCUT2D eigenvalue weighted by Crippen LogP contribution is -1.99. The Balaban J connectivity index is 2.55. The van der Waals surface area contributed by atoms with Crippen LogP contribution in [0.5, 0.6) is 0 Å². The second-order valence-corrected chi connectivity index (χ2v) is 3.18. The van der Waals surface area contributed by atoms with Crippen LogP contribution in [0.15, 0.2) is 22.6 Å². The fourth-order valence-electron chi connectivity index (χ4n) is 1.25. The third-order valence-corrected chi connectivity index (χ3v) is 2.19. The van der Waals surface area contributed by atoms with Crippen LogP contribution in [0.1, 0.15) is 21.0 Å². The second-order valence-electron chi connectivity index (χ2n) is 2.91. The Hall–Kier alpha value is -1.68. The van der Waals surface area contributed by atoms with Crippen molar-refractivity contribution in [1.29, 1.82) is 0 Å². The molecule has 76 valence electrons. The van der Waals surface area contributed by atoms with E-state index in [4.69, 9.17) is 16.0 Å². The van der Waals surface area contributed by atoms with E-state index in [0.29, 0.717) is 22.9 Å². The van der Waals surface area contributed by atoms with E-state index >= 15 is 0 Å². The van der Waals surface area contributed by atoms with Crippen molar-refractivity contribution < 1.29 is 14.0 Å². The number of aromatic nitrogens is 1. The molecule has 2 aromatic rings. The zero-order valence-corrected chi connectivity index (χ0v) is 8.32. The van der Waals surface area contributed by atoms with E-state index in [2.05, 4.69) is 4.98 Å². The van der Waals surface area contributed by atoms with Crippen LogP contribution in [0.4, 0.5) is 0 Å². The van der Waals surface area contributed by atoms with Crippen molar-refractivity contribution in [2.45, 2.75) is 0 Å². The Kier molecular flexibility index (Phi) is 2.51. The molecule has 0 saturated heterocycles. The maximum Gasteiger partial charge on any atom is 0.260 e. The Morgan fingerprint density at radius 1 is 1.53 bits per heavy atom. The van der Waals surface area contributed by atoms with E-state index in [0.717, 1.165) is 0 Å². The van der Waals surface area contributed by atoms with Crippen LogP contribution in [0.25, 0.3) is 11.1 Å². The van der Waals surface area contributed by atoms with Gasteiger partial charge in [0, 0.05) is 5.56 Å². The van der Waals surface area contributed by atoms with E-state index in [1.54, 1.807) is 18.2 Å². The maximum atomic E-state index is 11.3. The van der Waals surface area contributed by atoms with E-state index in [9.17, 15) is 9.59 Å². The molecule has 0 aliphatic heterocycles. The molecular formula is C10H6ClNO3. The van der Waals surface area contributed by atoms with Crippen LogP contribution in [-0.4, -0.2) is 22.9 Å². The molecule has 1 aromatic heterocycles. The first-order valence-electron chi connectivity index (χ1n) is 4.19. The first-order chi connectivity index (χ1) is 7.24. The molecule has 1 aromatic carbocycles. The predicted octanol–water partition coefficient (Wildman–Crippen LogP) is 2.06. The van der Waals surface area contributed by atoms with Crippen LogP contribution in [0.3, 0.4) is 0 Å². The highest BCUT2D eigenvalue weighted by Crippen LogP contribution is 2.16. The number of nitrogens with zero attached hydrogens (tertiary/aromatic N) is 1. The molecule has 0 spiro atoms. The lowest BCUT2D eigenvalue weighted by atomic mass is 10.1. The minimum absolute atomic E-state index is 0.000437. The number of benzene rings is 1. The van der Waals surface area contributed by atoms with Gasteiger partial charge in [-0.3, -0.25) is 9.59 Å². The van der Waals surface area contributed by atoms with E-state index in [1.165, 1.54) is 0 Å². The summed E-state index contributed by atoms with van der Waals surface area (Å²) in [5, 5.41) is 0. The number of rotatable bonds is 3. The van der Waals surface area contributed by atoms with Gasteiger partial charge >= 0.3 is 0 Å². The van der Waals surface area contributed by atoms with Crippen molar-refractivity contribution in [2.24, 2.45) is 0 Å². The first-order valence-corrected chi connectivity index (χ1v) is 4.73. The molecule has 0 bridgehead atoms. The van der Waals surface area contributed by atoms with E-state index < -0.39 is 0 Å². The monoisotopic (exact) mass is 223 g/mol. The normalized spacial score (nSPS) is 10.5. The lowest BCUT2D eigenvalue weighted by Gasteiger charge is -1.94. The van der Waals surface area contributed by atoms with Gasteiger partial charge in [0.2, 0.25) is 6.29 Å². The molecule has 0 radical (unpaired) electrons. The molecule has 0 unspecified atom stereocenters. The minimum Gasteiger partial charge on any atom is -0.434 e.